The SMILES string of the molecule is CC(C)OC(=O)OCOP(=O)(COC[C@H]1O[C@@H](n2ccc3c(NC4CCCC4)nc(Cl)nc32)[C@H](O)[C@@H]1O)OCOC(=O)OC(C)C. The number of carbonyl (C=O) groups is 2. The second-order valence-electron chi connectivity index (χ2n) is 11.2. The van der Waals surface area contributed by atoms with E-state index in [9.17, 15) is 24.4 Å². The number of anilines is 1. The molecule has 1 aliphatic carbocycles. The van der Waals surface area contributed by atoms with Gasteiger partial charge in [-0.25, -0.2) is 14.6 Å². The number of hydrogen-bond acceptors (Lipinski definition) is 16. The molecule has 1 aliphatic heterocycles. The molecule has 2 fully saturated rings. The van der Waals surface area contributed by atoms with Crippen molar-refractivity contribution in [3.05, 3.63) is 17.5 Å². The van der Waals surface area contributed by atoms with Gasteiger partial charge in [0, 0.05) is 12.2 Å². The van der Waals surface area contributed by atoms with Gasteiger partial charge in [-0.2, -0.15) is 4.98 Å². The molecule has 3 N–H and O–H groups in total. The quantitative estimate of drug-likeness (QED) is 0.103. The molecule has 4 atom stereocenters. The lowest BCUT2D eigenvalue weighted by Gasteiger charge is -2.20. The molecule has 0 spiro atoms. The van der Waals surface area contributed by atoms with Crippen LogP contribution in [0.2, 0.25) is 5.28 Å². The third-order valence-corrected chi connectivity index (χ3v) is 8.57. The van der Waals surface area contributed by atoms with Gasteiger partial charge in [0.05, 0.1) is 24.2 Å². The van der Waals surface area contributed by atoms with Crippen molar-refractivity contribution in [2.75, 3.05) is 31.9 Å². The monoisotopic (exact) mass is 694 g/mol. The second kappa shape index (κ2) is 16.4. The predicted octanol–water partition coefficient (Wildman–Crippen LogP) is 4.30. The first-order valence-corrected chi connectivity index (χ1v) is 16.9. The van der Waals surface area contributed by atoms with E-state index < -0.39 is 76.6 Å². The van der Waals surface area contributed by atoms with Crippen molar-refractivity contribution in [2.24, 2.45) is 0 Å². The van der Waals surface area contributed by atoms with Crippen LogP contribution in [0.25, 0.3) is 11.0 Å². The molecule has 1 saturated carbocycles. The first kappa shape index (κ1) is 36.1. The summed E-state index contributed by atoms with van der Waals surface area (Å²) in [7, 11) is -4.24. The van der Waals surface area contributed by atoms with E-state index >= 15 is 0 Å². The van der Waals surface area contributed by atoms with Crippen LogP contribution >= 0.6 is 19.2 Å². The third kappa shape index (κ3) is 9.87. The lowest BCUT2D eigenvalue weighted by Crippen LogP contribution is -2.34. The highest BCUT2D eigenvalue weighted by Gasteiger charge is 2.44. The maximum absolute atomic E-state index is 13.3. The molecule has 0 amide bonds. The van der Waals surface area contributed by atoms with Gasteiger partial charge in [0.2, 0.25) is 18.9 Å². The van der Waals surface area contributed by atoms with Crippen molar-refractivity contribution in [1.29, 1.82) is 0 Å². The smallest absolute Gasteiger partial charge is 0.432 e. The number of fused-ring (bicyclic) bond motifs is 1. The zero-order valence-corrected chi connectivity index (χ0v) is 27.6. The van der Waals surface area contributed by atoms with Gasteiger partial charge in [0.15, 0.2) is 6.23 Å². The Bertz CT molecular complexity index is 1340. The molecule has 1 saturated heterocycles. The zero-order chi connectivity index (χ0) is 33.4. The van der Waals surface area contributed by atoms with Gasteiger partial charge in [-0.05, 0) is 58.2 Å². The summed E-state index contributed by atoms with van der Waals surface area (Å²) in [5.74, 6) is 0.562. The number of aliphatic hydroxyl groups is 2. The van der Waals surface area contributed by atoms with Gasteiger partial charge in [-0.15, -0.1) is 0 Å². The van der Waals surface area contributed by atoms with Crippen molar-refractivity contribution in [3.8, 4) is 0 Å². The van der Waals surface area contributed by atoms with E-state index in [0.29, 0.717) is 16.9 Å². The summed E-state index contributed by atoms with van der Waals surface area (Å²) in [4.78, 5) is 32.0. The Hall–Kier alpha value is -2.76. The Morgan fingerprint density at radius 1 is 1.04 bits per heavy atom. The summed E-state index contributed by atoms with van der Waals surface area (Å²) < 4.78 is 55.6. The molecule has 2 aromatic rings. The van der Waals surface area contributed by atoms with Crippen LogP contribution in [0.3, 0.4) is 0 Å². The third-order valence-electron chi connectivity index (χ3n) is 6.90. The van der Waals surface area contributed by atoms with Crippen LogP contribution in [0.15, 0.2) is 12.3 Å². The Morgan fingerprint density at radius 3 is 2.24 bits per heavy atom. The number of halogens is 1. The number of hydrogen-bond donors (Lipinski definition) is 3. The number of aromatic nitrogens is 3. The van der Waals surface area contributed by atoms with E-state index in [-0.39, 0.29) is 17.9 Å². The van der Waals surface area contributed by atoms with Crippen molar-refractivity contribution < 1.29 is 61.8 Å². The van der Waals surface area contributed by atoms with E-state index in [1.54, 1.807) is 40.0 Å². The van der Waals surface area contributed by atoms with Gasteiger partial charge >= 0.3 is 19.9 Å². The largest absolute Gasteiger partial charge is 0.510 e. The predicted molar refractivity (Wildman–Crippen MR) is 160 cm³/mol. The van der Waals surface area contributed by atoms with Crippen LogP contribution in [0.1, 0.15) is 59.6 Å². The van der Waals surface area contributed by atoms with E-state index in [1.807, 2.05) is 0 Å². The fourth-order valence-electron chi connectivity index (χ4n) is 4.84. The molecule has 0 bridgehead atoms. The highest BCUT2D eigenvalue weighted by molar-refractivity contribution is 7.53. The highest BCUT2D eigenvalue weighted by Crippen LogP contribution is 2.48. The van der Waals surface area contributed by atoms with Crippen LogP contribution in [0.5, 0.6) is 0 Å². The standard InChI is InChI=1S/C27H40ClN4O13P/c1-15(2)43-26(35)39-12-41-46(37,42-13-40-27(36)44-16(3)4)14-38-11-19-20(33)21(34)24(45-19)32-10-9-18-22(29-17-7-5-6-8-17)30-25(28)31-23(18)32/h9-10,15-17,19-21,24,33-34H,5-8,11-14H2,1-4H3,(H,29,30,31)/t19-,20-,21-,24-/m1/s1. The molecule has 19 heteroatoms. The van der Waals surface area contributed by atoms with E-state index in [1.165, 1.54) is 4.57 Å². The van der Waals surface area contributed by atoms with Crippen LogP contribution in [0, 0.1) is 0 Å². The molecule has 3 heterocycles. The number of nitrogens with one attached hydrogen (secondary N) is 1. The summed E-state index contributed by atoms with van der Waals surface area (Å²) in [6.07, 6.45) is -2.90. The van der Waals surface area contributed by atoms with Crippen molar-refractivity contribution >= 4 is 48.4 Å². The summed E-state index contributed by atoms with van der Waals surface area (Å²) in [5, 5.41) is 25.7. The average Bonchev–Trinajstić information content (AvgIpc) is 3.69. The maximum Gasteiger partial charge on any atom is 0.510 e. The molecule has 17 nitrogen and oxygen atoms in total. The molecule has 0 radical (unpaired) electrons. The maximum atomic E-state index is 13.3. The van der Waals surface area contributed by atoms with E-state index in [4.69, 9.17) is 49.1 Å². The van der Waals surface area contributed by atoms with Gasteiger partial charge in [-0.3, -0.25) is 13.6 Å². The Balaban J connectivity index is 1.38. The summed E-state index contributed by atoms with van der Waals surface area (Å²) in [6, 6.07) is 2.03. The fourth-order valence-corrected chi connectivity index (χ4v) is 5.98. The minimum atomic E-state index is -4.24. The van der Waals surface area contributed by atoms with Gasteiger partial charge < -0.3 is 48.5 Å². The Morgan fingerprint density at radius 2 is 1.65 bits per heavy atom. The summed E-state index contributed by atoms with van der Waals surface area (Å²) >= 11 is 6.23. The summed E-state index contributed by atoms with van der Waals surface area (Å²) in [5.41, 5.74) is 0.386. The molecule has 0 unspecified atom stereocenters. The molecular formula is C27H40ClN4O13P. The normalized spacial score (nSPS) is 22.1. The highest BCUT2D eigenvalue weighted by atomic mass is 35.5. The summed E-state index contributed by atoms with van der Waals surface area (Å²) in [6.45, 7) is 4.36. The van der Waals surface area contributed by atoms with Crippen LogP contribution < -0.4 is 5.32 Å². The molecule has 46 heavy (non-hydrogen) atoms. The minimum absolute atomic E-state index is 0.000450. The van der Waals surface area contributed by atoms with Crippen molar-refractivity contribution in [3.63, 3.8) is 0 Å². The minimum Gasteiger partial charge on any atom is -0.432 e. The molecule has 2 aromatic heterocycles. The topological polar surface area (TPSA) is 208 Å². The van der Waals surface area contributed by atoms with Crippen LogP contribution in [-0.2, 0) is 42.0 Å². The van der Waals surface area contributed by atoms with Crippen LogP contribution in [-0.4, -0.2) is 100 Å². The van der Waals surface area contributed by atoms with Gasteiger partial charge in [0.25, 0.3) is 0 Å². The number of ether oxygens (including phenoxy) is 6. The second-order valence-corrected chi connectivity index (χ2v) is 13.5. The Kier molecular flexibility index (Phi) is 12.8. The first-order chi connectivity index (χ1) is 21.8. The number of aliphatic hydroxyl groups excluding tert-OH is 2. The van der Waals surface area contributed by atoms with E-state index in [0.717, 1.165) is 25.7 Å². The van der Waals surface area contributed by atoms with Crippen molar-refractivity contribution in [1.82, 2.24) is 14.5 Å². The molecule has 2 aliphatic rings. The lowest BCUT2D eigenvalue weighted by molar-refractivity contribution is -0.0651. The molecular weight excluding hydrogens is 655 g/mol. The first-order valence-electron chi connectivity index (χ1n) is 14.8. The fraction of sp³-hybridized carbons (Fsp3) is 0.704. The molecule has 258 valence electrons. The number of nitrogens with zero attached hydrogens (tertiary/aromatic N) is 3. The number of carbonyl (C=O) groups excluding carboxylic acids is 2. The van der Waals surface area contributed by atoms with Crippen LogP contribution in [0.4, 0.5) is 15.4 Å². The zero-order valence-electron chi connectivity index (χ0n) is 25.9. The molecule has 4 rings (SSSR count). The number of rotatable bonds is 15. The van der Waals surface area contributed by atoms with Crippen molar-refractivity contribution in [2.45, 2.75) is 96.2 Å². The van der Waals surface area contributed by atoms with Gasteiger partial charge in [0.1, 0.15) is 36.1 Å². The van der Waals surface area contributed by atoms with Gasteiger partial charge in [-0.1, -0.05) is 12.8 Å². The average molecular weight is 695 g/mol. The Labute approximate surface area is 270 Å². The molecule has 0 aromatic carbocycles. The lowest BCUT2D eigenvalue weighted by atomic mass is 10.1. The van der Waals surface area contributed by atoms with E-state index in [2.05, 4.69) is 15.3 Å².